The van der Waals surface area contributed by atoms with Crippen molar-refractivity contribution in [3.8, 4) is 5.75 Å². The van der Waals surface area contributed by atoms with Crippen molar-refractivity contribution in [1.82, 2.24) is 9.61 Å². The van der Waals surface area contributed by atoms with Crippen LogP contribution >= 0.6 is 27.5 Å². The summed E-state index contributed by atoms with van der Waals surface area (Å²) in [6.07, 6.45) is 3.20. The molecule has 0 saturated carbocycles. The van der Waals surface area contributed by atoms with Crippen molar-refractivity contribution in [3.63, 3.8) is 0 Å². The summed E-state index contributed by atoms with van der Waals surface area (Å²) in [6.45, 7) is 0. The Balaban J connectivity index is 2.79. The number of rotatable bonds is 1. The molecule has 0 amide bonds. The Morgan fingerprint density at radius 3 is 3.08 bits per heavy atom. The highest BCUT2D eigenvalue weighted by molar-refractivity contribution is 9.10. The van der Waals surface area contributed by atoms with Crippen LogP contribution in [0.4, 0.5) is 0 Å². The maximum absolute atomic E-state index is 5.89. The van der Waals surface area contributed by atoms with Gasteiger partial charge >= 0.3 is 8.05 Å². The van der Waals surface area contributed by atoms with Crippen LogP contribution in [-0.2, 0) is 0 Å². The third kappa shape index (κ3) is 1.42. The van der Waals surface area contributed by atoms with Crippen LogP contribution < -0.4 is 4.65 Å². The van der Waals surface area contributed by atoms with E-state index in [1.54, 1.807) is 23.0 Å². The van der Waals surface area contributed by atoms with Crippen molar-refractivity contribution < 1.29 is 4.65 Å². The van der Waals surface area contributed by atoms with Crippen LogP contribution in [0.2, 0.25) is 5.02 Å². The SMILES string of the molecule is [B]Oc1cc(Br)c2c(Cl)cnn2c1. The maximum Gasteiger partial charge on any atom is 0.374 e. The van der Waals surface area contributed by atoms with Gasteiger partial charge in [0.15, 0.2) is 0 Å². The van der Waals surface area contributed by atoms with Crippen LogP contribution in [0.5, 0.6) is 5.75 Å². The first-order chi connectivity index (χ1) is 6.22. The van der Waals surface area contributed by atoms with Crippen molar-refractivity contribution >= 4 is 41.1 Å². The molecule has 2 aromatic heterocycles. The van der Waals surface area contributed by atoms with Crippen molar-refractivity contribution in [2.75, 3.05) is 0 Å². The number of halogens is 2. The summed E-state index contributed by atoms with van der Waals surface area (Å²) >= 11 is 9.23. The molecular weight excluding hydrogens is 254 g/mol. The normalized spacial score (nSPS) is 10.6. The summed E-state index contributed by atoms with van der Waals surface area (Å²) in [6, 6.07) is 1.73. The molecule has 0 atom stereocenters. The first-order valence-corrected chi connectivity index (χ1v) is 4.58. The van der Waals surface area contributed by atoms with Gasteiger partial charge in [-0.2, -0.15) is 5.10 Å². The van der Waals surface area contributed by atoms with Gasteiger partial charge in [0.05, 0.1) is 22.9 Å². The molecule has 6 heteroatoms. The lowest BCUT2D eigenvalue weighted by atomic mass is 10.4. The molecule has 3 nitrogen and oxygen atoms in total. The molecule has 0 spiro atoms. The molecule has 2 rings (SSSR count). The van der Waals surface area contributed by atoms with Crippen molar-refractivity contribution in [1.29, 1.82) is 0 Å². The molecule has 0 aliphatic heterocycles. The van der Waals surface area contributed by atoms with Gasteiger partial charge in [0.1, 0.15) is 5.75 Å². The summed E-state index contributed by atoms with van der Waals surface area (Å²) in [5.41, 5.74) is 0.794. The Morgan fingerprint density at radius 1 is 1.62 bits per heavy atom. The van der Waals surface area contributed by atoms with E-state index in [4.69, 9.17) is 19.7 Å². The molecule has 0 aliphatic rings. The molecule has 0 aromatic carbocycles. The zero-order valence-electron chi connectivity index (χ0n) is 6.37. The lowest BCUT2D eigenvalue weighted by Gasteiger charge is -2.02. The summed E-state index contributed by atoms with van der Waals surface area (Å²) in [5.74, 6) is 0.513. The number of hydrogen-bond donors (Lipinski definition) is 0. The lowest BCUT2D eigenvalue weighted by Crippen LogP contribution is -1.91. The molecule has 0 saturated heterocycles. The van der Waals surface area contributed by atoms with E-state index in [0.717, 1.165) is 9.99 Å². The number of aromatic nitrogens is 2. The maximum atomic E-state index is 5.89. The Kier molecular flexibility index (Phi) is 2.21. The Morgan fingerprint density at radius 2 is 2.38 bits per heavy atom. The molecule has 0 fully saturated rings. The summed E-state index contributed by atoms with van der Waals surface area (Å²) in [7, 11) is 5.02. The van der Waals surface area contributed by atoms with Crippen molar-refractivity contribution in [2.45, 2.75) is 0 Å². The fraction of sp³-hybridized carbons (Fsp3) is 0. The summed E-state index contributed by atoms with van der Waals surface area (Å²) in [5, 5.41) is 4.59. The van der Waals surface area contributed by atoms with E-state index >= 15 is 0 Å². The molecule has 0 N–H and O–H groups in total. The minimum Gasteiger partial charge on any atom is -0.567 e. The third-order valence-corrected chi connectivity index (χ3v) is 2.51. The molecule has 2 radical (unpaired) electrons. The second kappa shape index (κ2) is 3.23. The average Bonchev–Trinajstić information content (AvgIpc) is 2.48. The smallest absolute Gasteiger partial charge is 0.374 e. The minimum absolute atomic E-state index is 0.513. The molecule has 13 heavy (non-hydrogen) atoms. The number of pyridine rings is 1. The molecule has 2 heterocycles. The van der Waals surface area contributed by atoms with E-state index in [0.29, 0.717) is 10.8 Å². The van der Waals surface area contributed by atoms with Gasteiger partial charge in [-0.05, 0) is 22.0 Å². The van der Waals surface area contributed by atoms with Gasteiger partial charge < -0.3 is 4.65 Å². The first kappa shape index (κ1) is 8.90. The highest BCUT2D eigenvalue weighted by atomic mass is 79.9. The van der Waals surface area contributed by atoms with Gasteiger partial charge in [-0.15, -0.1) is 0 Å². The van der Waals surface area contributed by atoms with E-state index in [9.17, 15) is 0 Å². The standard InChI is InChI=1S/C7H3BBrClN2O/c8-13-4-1-5(9)7-6(10)2-11-12(7)3-4/h1-3H. The monoisotopic (exact) mass is 256 g/mol. The quantitative estimate of drug-likeness (QED) is 0.732. The zero-order valence-corrected chi connectivity index (χ0v) is 8.71. The highest BCUT2D eigenvalue weighted by Crippen LogP contribution is 2.28. The van der Waals surface area contributed by atoms with Gasteiger partial charge in [0.25, 0.3) is 0 Å². The van der Waals surface area contributed by atoms with E-state index in [-0.39, 0.29) is 0 Å². The van der Waals surface area contributed by atoms with Crippen LogP contribution in [0.15, 0.2) is 22.9 Å². The number of hydrogen-bond acceptors (Lipinski definition) is 2. The summed E-state index contributed by atoms with van der Waals surface area (Å²) < 4.78 is 6.96. The van der Waals surface area contributed by atoms with E-state index < -0.39 is 0 Å². The molecule has 64 valence electrons. The zero-order chi connectivity index (χ0) is 9.42. The topological polar surface area (TPSA) is 26.5 Å². The minimum atomic E-state index is 0.513. The van der Waals surface area contributed by atoms with Gasteiger partial charge in [0.2, 0.25) is 0 Å². The van der Waals surface area contributed by atoms with E-state index in [2.05, 4.69) is 25.7 Å². The summed E-state index contributed by atoms with van der Waals surface area (Å²) in [4.78, 5) is 0. The second-order valence-electron chi connectivity index (χ2n) is 2.43. The van der Waals surface area contributed by atoms with Gasteiger partial charge in [-0.25, -0.2) is 4.52 Å². The largest absolute Gasteiger partial charge is 0.567 e. The van der Waals surface area contributed by atoms with Crippen LogP contribution in [-0.4, -0.2) is 17.7 Å². The van der Waals surface area contributed by atoms with Crippen molar-refractivity contribution in [2.24, 2.45) is 0 Å². The van der Waals surface area contributed by atoms with E-state index in [1.165, 1.54) is 0 Å². The van der Waals surface area contributed by atoms with Crippen LogP contribution in [0, 0.1) is 0 Å². The second-order valence-corrected chi connectivity index (χ2v) is 3.69. The van der Waals surface area contributed by atoms with Crippen LogP contribution in [0.3, 0.4) is 0 Å². The van der Waals surface area contributed by atoms with E-state index in [1.807, 2.05) is 0 Å². The molecule has 0 bridgehead atoms. The number of nitrogens with zero attached hydrogens (tertiary/aromatic N) is 2. The highest BCUT2D eigenvalue weighted by Gasteiger charge is 2.07. The van der Waals surface area contributed by atoms with Gasteiger partial charge in [0, 0.05) is 4.47 Å². The van der Waals surface area contributed by atoms with Gasteiger partial charge in [-0.3, -0.25) is 0 Å². The van der Waals surface area contributed by atoms with Crippen LogP contribution in [0.25, 0.3) is 5.52 Å². The molecule has 0 aliphatic carbocycles. The Labute approximate surface area is 89.2 Å². The number of fused-ring (bicyclic) bond motifs is 1. The Bertz CT molecular complexity index is 459. The van der Waals surface area contributed by atoms with Crippen LogP contribution in [0.1, 0.15) is 0 Å². The lowest BCUT2D eigenvalue weighted by molar-refractivity contribution is 0.607. The average molecular weight is 257 g/mol. The van der Waals surface area contributed by atoms with Crippen molar-refractivity contribution in [3.05, 3.63) is 28.0 Å². The molecule has 0 unspecified atom stereocenters. The Hall–Kier alpha value is -0.675. The van der Waals surface area contributed by atoms with Gasteiger partial charge in [-0.1, -0.05) is 11.6 Å². The predicted octanol–water partition coefficient (Wildman–Crippen LogP) is 2.21. The fourth-order valence-corrected chi connectivity index (χ4v) is 2.05. The molecule has 2 aromatic rings. The predicted molar refractivity (Wildman–Crippen MR) is 54.3 cm³/mol. The molecular formula is C7H3BBrClN2O. The third-order valence-electron chi connectivity index (χ3n) is 1.63. The fourth-order valence-electron chi connectivity index (χ4n) is 1.08. The first-order valence-electron chi connectivity index (χ1n) is 3.41.